The summed E-state index contributed by atoms with van der Waals surface area (Å²) in [6.07, 6.45) is 4.79. The highest BCUT2D eigenvalue weighted by atomic mass is 16.6. The fraction of sp³-hybridized carbons (Fsp3) is 0.690. The van der Waals surface area contributed by atoms with Crippen molar-refractivity contribution in [3.05, 3.63) is 29.8 Å². The maximum absolute atomic E-state index is 12.1. The van der Waals surface area contributed by atoms with Crippen molar-refractivity contribution in [2.45, 2.75) is 116 Å². The Bertz CT molecular complexity index is 943. The molecule has 1 aromatic carbocycles. The van der Waals surface area contributed by atoms with Gasteiger partial charge in [-0.05, 0) is 90.8 Å². The molecule has 39 heavy (non-hydrogen) atoms. The van der Waals surface area contributed by atoms with Crippen LogP contribution in [0.25, 0.3) is 0 Å². The maximum atomic E-state index is 12.1. The fourth-order valence-electron chi connectivity index (χ4n) is 4.79. The molecule has 218 valence electrons. The van der Waals surface area contributed by atoms with Gasteiger partial charge in [-0.2, -0.15) is 0 Å². The summed E-state index contributed by atoms with van der Waals surface area (Å²) in [7, 11) is 0. The number of carbonyl (C=O) groups is 3. The van der Waals surface area contributed by atoms with Crippen molar-refractivity contribution in [2.24, 2.45) is 0 Å². The van der Waals surface area contributed by atoms with Crippen LogP contribution in [0, 0.1) is 0 Å². The van der Waals surface area contributed by atoms with E-state index in [1.807, 2.05) is 38.1 Å². The molecule has 1 atom stereocenters. The van der Waals surface area contributed by atoms with E-state index in [4.69, 9.17) is 18.9 Å². The molecule has 0 spiro atoms. The quantitative estimate of drug-likeness (QED) is 0.446. The van der Waals surface area contributed by atoms with Gasteiger partial charge in [-0.15, -0.1) is 0 Å². The number of hydrogen-bond acceptors (Lipinski definition) is 7. The van der Waals surface area contributed by atoms with Crippen LogP contribution in [0.2, 0.25) is 0 Å². The third-order valence-electron chi connectivity index (χ3n) is 6.70. The van der Waals surface area contributed by atoms with Crippen LogP contribution in [-0.2, 0) is 25.4 Å². The molecule has 0 aromatic heterocycles. The number of nitrogens with one attached hydrogen (secondary N) is 1. The SMILES string of the molecule is CC(C)OC(=O)N1CCC(OC2CCC(Oc3ccc(CC(NC(=O)OC(C)(C)C)C(=O)O)cc3)CC2)CC1. The van der Waals surface area contributed by atoms with Crippen LogP contribution < -0.4 is 10.1 Å². The molecule has 2 aliphatic rings. The second-order valence-corrected chi connectivity index (χ2v) is 11.7. The van der Waals surface area contributed by atoms with Crippen LogP contribution >= 0.6 is 0 Å². The van der Waals surface area contributed by atoms with E-state index in [9.17, 15) is 19.5 Å². The molecule has 3 rings (SSSR count). The molecule has 1 aliphatic carbocycles. The van der Waals surface area contributed by atoms with E-state index < -0.39 is 23.7 Å². The smallest absolute Gasteiger partial charge is 0.410 e. The minimum atomic E-state index is -1.13. The Labute approximate surface area is 231 Å². The minimum absolute atomic E-state index is 0.101. The monoisotopic (exact) mass is 548 g/mol. The lowest BCUT2D eigenvalue weighted by Crippen LogP contribution is -2.44. The highest BCUT2D eigenvalue weighted by molar-refractivity contribution is 5.80. The van der Waals surface area contributed by atoms with Crippen molar-refractivity contribution in [1.82, 2.24) is 10.2 Å². The number of aliphatic carboxylic acids is 1. The number of hydrogen-bond donors (Lipinski definition) is 2. The van der Waals surface area contributed by atoms with Gasteiger partial charge in [0, 0.05) is 19.5 Å². The molecule has 10 nitrogen and oxygen atoms in total. The van der Waals surface area contributed by atoms with Gasteiger partial charge in [-0.25, -0.2) is 14.4 Å². The molecule has 1 aliphatic heterocycles. The number of nitrogens with zero attached hydrogens (tertiary/aromatic N) is 1. The van der Waals surface area contributed by atoms with Crippen LogP contribution in [0.4, 0.5) is 9.59 Å². The van der Waals surface area contributed by atoms with Gasteiger partial charge in [0.25, 0.3) is 0 Å². The molecular weight excluding hydrogens is 504 g/mol. The topological polar surface area (TPSA) is 124 Å². The molecule has 10 heteroatoms. The van der Waals surface area contributed by atoms with Crippen LogP contribution in [0.1, 0.15) is 78.7 Å². The predicted octanol–water partition coefficient (Wildman–Crippen LogP) is 4.92. The Hall–Kier alpha value is -3.01. The highest BCUT2D eigenvalue weighted by Gasteiger charge is 2.29. The van der Waals surface area contributed by atoms with Crippen molar-refractivity contribution < 1.29 is 38.4 Å². The first-order valence-corrected chi connectivity index (χ1v) is 14.0. The molecule has 1 saturated carbocycles. The van der Waals surface area contributed by atoms with Crippen LogP contribution in [0.15, 0.2) is 24.3 Å². The molecule has 1 saturated heterocycles. The Morgan fingerprint density at radius 2 is 1.51 bits per heavy atom. The molecule has 1 aromatic rings. The number of carbonyl (C=O) groups excluding carboxylic acids is 2. The largest absolute Gasteiger partial charge is 0.490 e. The summed E-state index contributed by atoms with van der Waals surface area (Å²) in [5.41, 5.74) is 0.0611. The maximum Gasteiger partial charge on any atom is 0.410 e. The van der Waals surface area contributed by atoms with Gasteiger partial charge in [0.15, 0.2) is 0 Å². The lowest BCUT2D eigenvalue weighted by Gasteiger charge is -2.36. The number of likely N-dealkylation sites (tertiary alicyclic amines) is 1. The molecule has 1 heterocycles. The first kappa shape index (κ1) is 30.5. The average molecular weight is 549 g/mol. The molecule has 2 amide bonds. The lowest BCUT2D eigenvalue weighted by molar-refractivity contribution is -0.139. The van der Waals surface area contributed by atoms with E-state index in [1.54, 1.807) is 25.7 Å². The molecule has 0 bridgehead atoms. The summed E-state index contributed by atoms with van der Waals surface area (Å²) in [4.78, 5) is 37.5. The predicted molar refractivity (Wildman–Crippen MR) is 145 cm³/mol. The van der Waals surface area contributed by atoms with E-state index in [0.29, 0.717) is 13.1 Å². The van der Waals surface area contributed by atoms with Crippen molar-refractivity contribution >= 4 is 18.2 Å². The van der Waals surface area contributed by atoms with E-state index in [-0.39, 0.29) is 36.9 Å². The summed E-state index contributed by atoms with van der Waals surface area (Å²) in [5, 5.41) is 11.9. The summed E-state index contributed by atoms with van der Waals surface area (Å²) < 4.78 is 23.0. The number of benzene rings is 1. The van der Waals surface area contributed by atoms with Crippen LogP contribution in [-0.4, -0.2) is 77.3 Å². The van der Waals surface area contributed by atoms with Crippen molar-refractivity contribution in [3.63, 3.8) is 0 Å². The average Bonchev–Trinajstić information content (AvgIpc) is 2.85. The zero-order chi connectivity index (χ0) is 28.6. The molecule has 1 unspecified atom stereocenters. The van der Waals surface area contributed by atoms with E-state index >= 15 is 0 Å². The van der Waals surface area contributed by atoms with Gasteiger partial charge in [-0.1, -0.05) is 12.1 Å². The van der Waals surface area contributed by atoms with Gasteiger partial charge >= 0.3 is 18.2 Å². The normalized spacial score (nSPS) is 21.2. The first-order chi connectivity index (χ1) is 18.4. The Morgan fingerprint density at radius 3 is 2.05 bits per heavy atom. The zero-order valence-corrected chi connectivity index (χ0v) is 23.8. The number of ether oxygens (including phenoxy) is 4. The van der Waals surface area contributed by atoms with Gasteiger partial charge in [0.2, 0.25) is 0 Å². The Kier molecular flexibility index (Phi) is 10.9. The minimum Gasteiger partial charge on any atom is -0.490 e. The second-order valence-electron chi connectivity index (χ2n) is 11.7. The summed E-state index contributed by atoms with van der Waals surface area (Å²) >= 11 is 0. The summed E-state index contributed by atoms with van der Waals surface area (Å²) in [6, 6.07) is 6.22. The van der Waals surface area contributed by atoms with E-state index in [2.05, 4.69) is 5.32 Å². The summed E-state index contributed by atoms with van der Waals surface area (Å²) in [6.45, 7) is 10.2. The van der Waals surface area contributed by atoms with E-state index in [0.717, 1.165) is 49.8 Å². The number of carboxylic acids is 1. The molecule has 0 radical (unpaired) electrons. The fourth-order valence-corrected chi connectivity index (χ4v) is 4.79. The Morgan fingerprint density at radius 1 is 0.949 bits per heavy atom. The second kappa shape index (κ2) is 13.9. The number of piperidine rings is 1. The zero-order valence-electron chi connectivity index (χ0n) is 23.8. The van der Waals surface area contributed by atoms with Gasteiger partial charge < -0.3 is 34.3 Å². The van der Waals surface area contributed by atoms with Gasteiger partial charge in [0.05, 0.1) is 24.4 Å². The number of rotatable bonds is 9. The standard InChI is InChI=1S/C29H44N2O8/c1-19(2)36-28(35)31-16-14-24(15-17-31)38-23-12-10-22(11-13-23)37-21-8-6-20(7-9-21)18-25(26(32)33)30-27(34)39-29(3,4)5/h6-9,19,22-25H,10-18H2,1-5H3,(H,30,34)(H,32,33). The molecular formula is C29H44N2O8. The van der Waals surface area contributed by atoms with Crippen molar-refractivity contribution in [2.75, 3.05) is 13.1 Å². The first-order valence-electron chi connectivity index (χ1n) is 14.0. The highest BCUT2D eigenvalue weighted by Crippen LogP contribution is 2.28. The third kappa shape index (κ3) is 10.6. The number of carboxylic acid groups (broad SMARTS) is 1. The molecule has 2 fully saturated rings. The van der Waals surface area contributed by atoms with Crippen molar-refractivity contribution in [1.29, 1.82) is 0 Å². The number of alkyl carbamates (subject to hydrolysis) is 1. The number of amides is 2. The van der Waals surface area contributed by atoms with E-state index in [1.165, 1.54) is 0 Å². The van der Waals surface area contributed by atoms with Crippen LogP contribution in [0.3, 0.4) is 0 Å². The van der Waals surface area contributed by atoms with Crippen molar-refractivity contribution in [3.8, 4) is 5.75 Å². The molecule has 2 N–H and O–H groups in total. The summed E-state index contributed by atoms with van der Waals surface area (Å²) in [5.74, 6) is -0.393. The Balaban J connectivity index is 1.38. The third-order valence-corrected chi connectivity index (χ3v) is 6.70. The lowest BCUT2D eigenvalue weighted by atomic mass is 9.94. The van der Waals surface area contributed by atoms with Crippen LogP contribution in [0.5, 0.6) is 5.75 Å². The van der Waals surface area contributed by atoms with Gasteiger partial charge in [0.1, 0.15) is 17.4 Å². The van der Waals surface area contributed by atoms with Gasteiger partial charge in [-0.3, -0.25) is 0 Å².